The van der Waals surface area contributed by atoms with E-state index in [1.54, 1.807) is 19.2 Å². The molecule has 0 bridgehead atoms. The number of carbonyl (C=O) groups is 1. The zero-order chi connectivity index (χ0) is 17.6. The second-order valence-corrected chi connectivity index (χ2v) is 6.53. The maximum Gasteiger partial charge on any atom is 0.352 e. The first-order valence-corrected chi connectivity index (χ1v) is 8.27. The number of carboxylic acids is 1. The van der Waals surface area contributed by atoms with E-state index in [4.69, 9.17) is 9.84 Å². The van der Waals surface area contributed by atoms with Crippen molar-refractivity contribution < 1.29 is 14.6 Å². The first-order valence-electron chi connectivity index (χ1n) is 7.46. The van der Waals surface area contributed by atoms with Crippen molar-refractivity contribution in [1.29, 1.82) is 0 Å². The summed E-state index contributed by atoms with van der Waals surface area (Å²) >= 11 is 1.12. The van der Waals surface area contributed by atoms with E-state index in [2.05, 4.69) is 25.9 Å². The average molecular weight is 361 g/mol. The molecule has 6 N–H and O–H groups in total. The lowest BCUT2D eigenvalue weighted by molar-refractivity contribution is 0.0691. The highest BCUT2D eigenvalue weighted by Gasteiger charge is 2.24. The number of thiazole rings is 1. The normalized spacial score (nSPS) is 16.3. The topological polar surface area (TPSA) is 131 Å². The molecule has 130 valence electrons. The number of aromatic nitrogens is 2. The van der Waals surface area contributed by atoms with Gasteiger partial charge in [0.1, 0.15) is 23.4 Å². The van der Waals surface area contributed by atoms with E-state index < -0.39 is 5.97 Å². The van der Waals surface area contributed by atoms with E-state index >= 15 is 0 Å². The lowest BCUT2D eigenvalue weighted by atomic mass is 10.1. The summed E-state index contributed by atoms with van der Waals surface area (Å²) in [7, 11) is 1.55. The molecule has 1 aliphatic heterocycles. The van der Waals surface area contributed by atoms with E-state index in [-0.39, 0.29) is 16.7 Å². The number of fused-ring (bicyclic) bond motifs is 2. The number of hydrogen-bond acceptors (Lipinski definition) is 7. The van der Waals surface area contributed by atoms with Crippen molar-refractivity contribution in [3.05, 3.63) is 39.1 Å². The Morgan fingerprint density at radius 3 is 2.96 bits per heavy atom. The Labute approximate surface area is 145 Å². The van der Waals surface area contributed by atoms with Crippen LogP contribution in [0.25, 0.3) is 10.2 Å². The highest BCUT2D eigenvalue weighted by molar-refractivity contribution is 7.16. The van der Waals surface area contributed by atoms with E-state index in [0.717, 1.165) is 21.6 Å². The van der Waals surface area contributed by atoms with Crippen LogP contribution >= 0.6 is 11.3 Å². The number of carboxylic acid groups (broad SMARTS) is 1. The van der Waals surface area contributed by atoms with Crippen LogP contribution in [-0.2, 0) is 0 Å². The van der Waals surface area contributed by atoms with E-state index in [1.807, 2.05) is 6.07 Å². The monoisotopic (exact) mass is 361 g/mol. The van der Waals surface area contributed by atoms with Crippen LogP contribution in [0.5, 0.6) is 5.75 Å². The zero-order valence-electron chi connectivity index (χ0n) is 13.1. The summed E-state index contributed by atoms with van der Waals surface area (Å²) in [5.74, 6) is 0.212. The van der Waals surface area contributed by atoms with Crippen molar-refractivity contribution in [2.75, 3.05) is 24.4 Å². The molecule has 0 spiro atoms. The predicted octanol–water partition coefficient (Wildman–Crippen LogP) is 1.71. The molecular formula is C15H15N5O4S. The Kier molecular flexibility index (Phi) is 3.62. The van der Waals surface area contributed by atoms with Crippen LogP contribution < -0.4 is 25.6 Å². The Balaban J connectivity index is 1.72. The van der Waals surface area contributed by atoms with Gasteiger partial charge in [-0.3, -0.25) is 10.1 Å². The zero-order valence-corrected chi connectivity index (χ0v) is 13.9. The third-order valence-corrected chi connectivity index (χ3v) is 4.85. The maximum absolute atomic E-state index is 11.5. The van der Waals surface area contributed by atoms with Gasteiger partial charge in [0.25, 0.3) is 0 Å². The Hall–Kier alpha value is -2.98. The van der Waals surface area contributed by atoms with Crippen LogP contribution in [0.1, 0.15) is 22.2 Å². The van der Waals surface area contributed by atoms with Crippen molar-refractivity contribution in [3.8, 4) is 5.75 Å². The van der Waals surface area contributed by atoms with Gasteiger partial charge in [-0.25, -0.2) is 4.79 Å². The fourth-order valence-corrected chi connectivity index (χ4v) is 3.61. The minimum atomic E-state index is -1.02. The number of H-pyrrole nitrogens is 2. The summed E-state index contributed by atoms with van der Waals surface area (Å²) in [4.78, 5) is 28.2. The second-order valence-electron chi connectivity index (χ2n) is 5.52. The van der Waals surface area contributed by atoms with Gasteiger partial charge in [0.15, 0.2) is 0 Å². The van der Waals surface area contributed by atoms with Crippen LogP contribution in [0.15, 0.2) is 23.0 Å². The van der Waals surface area contributed by atoms with Gasteiger partial charge < -0.3 is 30.4 Å². The minimum absolute atomic E-state index is 0.110. The third-order valence-electron chi connectivity index (χ3n) is 4.00. The van der Waals surface area contributed by atoms with Crippen molar-refractivity contribution in [2.24, 2.45) is 0 Å². The highest BCUT2D eigenvalue weighted by Crippen LogP contribution is 2.35. The number of aromatic carboxylic acids is 1. The van der Waals surface area contributed by atoms with Gasteiger partial charge in [-0.15, -0.1) is 0 Å². The van der Waals surface area contributed by atoms with Crippen LogP contribution in [0.4, 0.5) is 11.5 Å². The number of nitrogens with one attached hydrogen (secondary N) is 5. The first-order chi connectivity index (χ1) is 12.0. The Morgan fingerprint density at radius 2 is 2.20 bits per heavy atom. The van der Waals surface area contributed by atoms with Gasteiger partial charge >= 0.3 is 10.8 Å². The van der Waals surface area contributed by atoms with Crippen LogP contribution in [0.3, 0.4) is 0 Å². The molecule has 3 aromatic rings. The lowest BCUT2D eigenvalue weighted by Crippen LogP contribution is -2.36. The maximum atomic E-state index is 11.5. The molecule has 9 nitrogen and oxygen atoms in total. The fourth-order valence-electron chi connectivity index (χ4n) is 2.85. The number of anilines is 2. The first kappa shape index (κ1) is 15.5. The quantitative estimate of drug-likeness (QED) is 0.417. The molecule has 1 atom stereocenters. The summed E-state index contributed by atoms with van der Waals surface area (Å²) in [6.45, 7) is 0.465. The summed E-state index contributed by atoms with van der Waals surface area (Å²) in [6.07, 6.45) is -0.317. The molecule has 1 unspecified atom stereocenters. The van der Waals surface area contributed by atoms with Gasteiger partial charge in [-0.1, -0.05) is 11.3 Å². The van der Waals surface area contributed by atoms with Gasteiger partial charge in [0.05, 0.1) is 29.7 Å². The van der Waals surface area contributed by atoms with Gasteiger partial charge in [0, 0.05) is 11.6 Å². The lowest BCUT2D eigenvalue weighted by Gasteiger charge is -2.27. The summed E-state index contributed by atoms with van der Waals surface area (Å²) in [6, 6.07) is 5.18. The Bertz CT molecular complexity index is 1020. The van der Waals surface area contributed by atoms with Crippen LogP contribution in [-0.4, -0.2) is 34.8 Å². The summed E-state index contributed by atoms with van der Waals surface area (Å²) in [5.41, 5.74) is 2.28. The van der Waals surface area contributed by atoms with E-state index in [0.29, 0.717) is 29.4 Å². The number of rotatable bonds is 4. The average Bonchev–Trinajstić information content (AvgIpc) is 3.17. The molecule has 0 aliphatic carbocycles. The SMILES string of the molecule is COc1cc2[nH]c(=O)sc2cc1NC1NCNc2[nH]c(C(=O)O)cc21. The highest BCUT2D eigenvalue weighted by atomic mass is 32.1. The van der Waals surface area contributed by atoms with E-state index in [9.17, 15) is 9.59 Å². The van der Waals surface area contributed by atoms with Gasteiger partial charge in [-0.2, -0.15) is 0 Å². The number of ether oxygens (including phenoxy) is 1. The summed E-state index contributed by atoms with van der Waals surface area (Å²) in [5, 5.41) is 18.8. The number of methoxy groups -OCH3 is 1. The molecule has 3 heterocycles. The molecule has 0 amide bonds. The van der Waals surface area contributed by atoms with Crippen molar-refractivity contribution >= 4 is 39.0 Å². The standard InChI is InChI=1S/C15H15N5O4S/c1-24-10-3-8-11(25-15(23)20-8)4-7(10)18-12-6-2-9(14(21)22)19-13(6)17-5-16-12/h2-4,12,16-19H,5H2,1H3,(H,20,23)(H,21,22). The predicted molar refractivity (Wildman–Crippen MR) is 94.7 cm³/mol. The molecule has 25 heavy (non-hydrogen) atoms. The molecule has 0 radical (unpaired) electrons. The second kappa shape index (κ2) is 5.83. The van der Waals surface area contributed by atoms with E-state index in [1.165, 1.54) is 0 Å². The number of aromatic amines is 2. The molecule has 4 rings (SSSR count). The number of hydrogen-bond donors (Lipinski definition) is 6. The van der Waals surface area contributed by atoms with Crippen molar-refractivity contribution in [1.82, 2.24) is 15.3 Å². The smallest absolute Gasteiger partial charge is 0.352 e. The molecule has 0 saturated carbocycles. The Morgan fingerprint density at radius 1 is 1.36 bits per heavy atom. The molecule has 10 heteroatoms. The van der Waals surface area contributed by atoms with Crippen LogP contribution in [0.2, 0.25) is 0 Å². The molecular weight excluding hydrogens is 346 g/mol. The van der Waals surface area contributed by atoms with Crippen molar-refractivity contribution in [3.63, 3.8) is 0 Å². The van der Waals surface area contributed by atoms with Gasteiger partial charge in [-0.05, 0) is 12.1 Å². The molecule has 0 fully saturated rings. The van der Waals surface area contributed by atoms with Gasteiger partial charge in [0.2, 0.25) is 0 Å². The number of benzene rings is 1. The van der Waals surface area contributed by atoms with Crippen LogP contribution in [0, 0.1) is 0 Å². The largest absolute Gasteiger partial charge is 0.495 e. The molecule has 0 saturated heterocycles. The summed E-state index contributed by atoms with van der Waals surface area (Å²) < 4.78 is 6.22. The molecule has 2 aromatic heterocycles. The van der Waals surface area contributed by atoms with Crippen molar-refractivity contribution in [2.45, 2.75) is 6.17 Å². The minimum Gasteiger partial charge on any atom is -0.495 e. The molecule has 1 aromatic carbocycles. The third kappa shape index (κ3) is 2.71. The fraction of sp³-hybridized carbons (Fsp3) is 0.200. The molecule has 1 aliphatic rings.